The third kappa shape index (κ3) is 17.5. The van der Waals surface area contributed by atoms with Crippen molar-refractivity contribution < 1.29 is 52.8 Å². The van der Waals surface area contributed by atoms with E-state index in [0.717, 1.165) is 77.1 Å². The molecule has 6 aromatic heterocycles. The van der Waals surface area contributed by atoms with Gasteiger partial charge in [-0.15, -0.1) is 34.0 Å². The molecule has 3 aliphatic heterocycles. The lowest BCUT2D eigenvalue weighted by molar-refractivity contribution is -0.120. The van der Waals surface area contributed by atoms with E-state index >= 15 is 0 Å². The molecule has 3 amide bonds. The second kappa shape index (κ2) is 30.7. The Balaban J connectivity index is 0.000000161. The number of nitrogens with one attached hydrogen (secondary N) is 6. The smallest absolute Gasteiger partial charge is 0.280 e. The number of hydrogen-bond acceptors (Lipinski definition) is 15. The monoisotopic (exact) mass is 1530 g/mol. The molecule has 3 fully saturated rings. The maximum absolute atomic E-state index is 13.4. The predicted octanol–water partition coefficient (Wildman–Crippen LogP) is 12.6. The van der Waals surface area contributed by atoms with Gasteiger partial charge in [-0.2, -0.15) is 67.6 Å². The van der Waals surface area contributed by atoms with Crippen LogP contribution in [0.15, 0.2) is 128 Å². The number of carbonyl (C=O) groups is 3. The zero-order valence-corrected chi connectivity index (χ0v) is 61.5. The fourth-order valence-electron chi connectivity index (χ4n) is 10.6. The quantitative estimate of drug-likeness (QED) is 0.0559. The van der Waals surface area contributed by atoms with Crippen LogP contribution < -0.4 is 30.1 Å². The van der Waals surface area contributed by atoms with E-state index < -0.39 is 102 Å². The highest BCUT2D eigenvalue weighted by Gasteiger charge is 2.44. The molecule has 6 atom stereocenters. The van der Waals surface area contributed by atoms with Crippen LogP contribution in [0, 0.1) is 17.5 Å². The fraction of sp³-hybridized carbons (Fsp3) is 0.333. The first kappa shape index (κ1) is 74.8. The lowest BCUT2D eigenvalue weighted by atomic mass is 10.1. The van der Waals surface area contributed by atoms with Crippen molar-refractivity contribution in [1.82, 2.24) is 56.4 Å². The summed E-state index contributed by atoms with van der Waals surface area (Å²) < 4.78 is 133. The Morgan fingerprint density at radius 2 is 0.697 bits per heavy atom. The highest BCUT2D eigenvalue weighted by atomic mass is 35.5. The van der Waals surface area contributed by atoms with E-state index in [1.165, 1.54) is 91.6 Å². The lowest BCUT2D eigenvalue weighted by Gasteiger charge is -2.35. The van der Waals surface area contributed by atoms with Crippen molar-refractivity contribution in [3.63, 3.8) is 0 Å². The van der Waals surface area contributed by atoms with E-state index in [2.05, 4.69) is 45.4 Å². The minimum Gasteiger partial charge on any atom is -0.325 e. The van der Waals surface area contributed by atoms with Crippen molar-refractivity contribution in [1.29, 1.82) is 0 Å². The van der Waals surface area contributed by atoms with Gasteiger partial charge >= 0.3 is 0 Å². The molecule has 36 heteroatoms. The maximum Gasteiger partial charge on any atom is 0.280 e. The molecule has 2 unspecified atom stereocenters. The summed E-state index contributed by atoms with van der Waals surface area (Å²) in [5.74, 6) is -3.39. The molecular formula is C63H69Cl3F3N15O9S6. The molecular weight excluding hydrogens is 1470 g/mol. The van der Waals surface area contributed by atoms with Crippen LogP contribution in [0.3, 0.4) is 0 Å². The Bertz CT molecular complexity index is 4340. The average Bonchev–Trinajstić information content (AvgIpc) is 1.76. The zero-order chi connectivity index (χ0) is 71.7. The number of carbonyl (C=O) groups excluding carboxylic acids is 3. The number of anilines is 3. The van der Waals surface area contributed by atoms with Crippen molar-refractivity contribution in [3.8, 4) is 31.3 Å². The number of nitrogens with zero attached hydrogens (tertiary/aromatic N) is 9. The first-order valence-electron chi connectivity index (χ1n) is 30.6. The summed E-state index contributed by atoms with van der Waals surface area (Å²) in [4.78, 5) is 44.1. The Hall–Kier alpha value is -6.93. The maximum atomic E-state index is 13.4. The predicted molar refractivity (Wildman–Crippen MR) is 381 cm³/mol. The summed E-state index contributed by atoms with van der Waals surface area (Å²) >= 11 is 21.7. The number of amides is 3. The van der Waals surface area contributed by atoms with Gasteiger partial charge in [0.2, 0.25) is 17.7 Å². The normalized spacial score (nSPS) is 20.8. The third-order valence-corrected chi connectivity index (χ3v) is 25.7. The number of likely N-dealkylation sites (N-methyl/N-ethyl adjacent to an activating group) is 3. The fourth-order valence-corrected chi connectivity index (χ4v) is 18.3. The Morgan fingerprint density at radius 3 is 0.919 bits per heavy atom. The minimum absolute atomic E-state index is 0.135. The lowest BCUT2D eigenvalue weighted by Crippen LogP contribution is -2.55. The van der Waals surface area contributed by atoms with E-state index in [4.69, 9.17) is 34.8 Å². The molecule has 12 rings (SSSR count). The molecule has 3 saturated heterocycles. The van der Waals surface area contributed by atoms with Crippen molar-refractivity contribution in [3.05, 3.63) is 175 Å². The minimum atomic E-state index is -3.90. The number of thiophene rings is 3. The van der Waals surface area contributed by atoms with Crippen LogP contribution in [0.1, 0.15) is 112 Å². The van der Waals surface area contributed by atoms with Crippen LogP contribution in [0.2, 0.25) is 15.1 Å². The van der Waals surface area contributed by atoms with Gasteiger partial charge in [0, 0.05) is 121 Å². The van der Waals surface area contributed by atoms with Gasteiger partial charge in [0.1, 0.15) is 35.6 Å². The molecule has 9 aromatic rings. The molecule has 528 valence electrons. The third-order valence-electron chi connectivity index (χ3n) is 16.3. The molecule has 24 nitrogen and oxygen atoms in total. The van der Waals surface area contributed by atoms with E-state index in [-0.39, 0.29) is 69.5 Å². The number of benzene rings is 3. The molecule has 0 radical (unpaired) electrons. The molecule has 3 aromatic carbocycles. The van der Waals surface area contributed by atoms with Crippen LogP contribution in [0.4, 0.5) is 30.2 Å². The van der Waals surface area contributed by atoms with Gasteiger partial charge in [-0.3, -0.25) is 28.4 Å². The van der Waals surface area contributed by atoms with Crippen LogP contribution in [0.5, 0.6) is 0 Å². The van der Waals surface area contributed by atoms with Crippen molar-refractivity contribution >= 4 is 134 Å². The summed E-state index contributed by atoms with van der Waals surface area (Å²) in [6, 6.07) is 18.8. The first-order valence-corrected chi connectivity index (χ1v) is 38.5. The van der Waals surface area contributed by atoms with Gasteiger partial charge < -0.3 is 16.0 Å². The largest absolute Gasteiger partial charge is 0.325 e. The number of aromatic nitrogens is 6. The summed E-state index contributed by atoms with van der Waals surface area (Å²) in [6.45, 7) is 12.2. The van der Waals surface area contributed by atoms with Gasteiger partial charge in [-0.05, 0) is 152 Å². The van der Waals surface area contributed by atoms with Crippen LogP contribution in [0.25, 0.3) is 31.3 Å². The van der Waals surface area contributed by atoms with Gasteiger partial charge in [0.05, 0.1) is 51.8 Å². The van der Waals surface area contributed by atoms with Crippen molar-refractivity contribution in [2.24, 2.45) is 0 Å². The summed E-state index contributed by atoms with van der Waals surface area (Å²) in [5.41, 5.74) is 3.68. The first-order chi connectivity index (χ1) is 46.6. The van der Waals surface area contributed by atoms with E-state index in [9.17, 15) is 52.8 Å². The van der Waals surface area contributed by atoms with Crippen LogP contribution >= 0.6 is 68.8 Å². The Labute approximate surface area is 598 Å². The topological polar surface area (TPSA) is 289 Å². The van der Waals surface area contributed by atoms with Crippen molar-refractivity contribution in [2.75, 3.05) is 37.1 Å². The molecule has 99 heavy (non-hydrogen) atoms. The summed E-state index contributed by atoms with van der Waals surface area (Å²) in [5, 5.41) is 20.6. The number of rotatable bonds is 15. The molecule has 9 heterocycles. The molecule has 0 aliphatic carbocycles. The van der Waals surface area contributed by atoms with Gasteiger partial charge in [0.15, 0.2) is 0 Å². The van der Waals surface area contributed by atoms with Gasteiger partial charge in [-0.1, -0.05) is 34.8 Å². The standard InChI is InChI=1S/3C21H23ClFN5O3S2/c3*1-12(2)28-11-13(10-24-28)19-6-7-20(32-19)17-9-18(27(3)33(30,31)26-17)21(29)25-14-4-5-16(23)15(22)8-14/h3*4-8,10-12,17-18,26H,9H2,1-3H3,(H,25,29)/t2*17-,18+;/m10./s1. The SMILES string of the molecule is CC(C)n1cc(-c2ccc(C3CC(C(=O)Nc4ccc(F)c(Cl)c4)N(C)S(=O)(=O)N3)s2)cn1.CC(C)n1cc(-c2ccc([C@@H]3C[C@H](C(=O)Nc4ccc(F)c(Cl)c4)N(C)S(=O)(=O)N3)s2)cn1.CC(C)n1cc(-c2ccc([C@H]3C[C@@H](C(=O)Nc4ccc(F)c(Cl)c4)N(C)S(=O)(=O)N3)s2)cn1. The zero-order valence-electron chi connectivity index (χ0n) is 54.4. The second-order valence-corrected chi connectivity index (χ2v) is 34.1. The van der Waals surface area contributed by atoms with Crippen molar-refractivity contribution in [2.45, 2.75) is 115 Å². The van der Waals surface area contributed by atoms with E-state index in [1.807, 2.05) is 111 Å². The highest BCUT2D eigenvalue weighted by molar-refractivity contribution is 7.87. The molecule has 0 bridgehead atoms. The van der Waals surface area contributed by atoms with E-state index in [1.54, 1.807) is 18.6 Å². The molecule has 3 aliphatic rings. The number of halogens is 6. The van der Waals surface area contributed by atoms with Gasteiger partial charge in [-0.25, -0.2) is 13.2 Å². The van der Waals surface area contributed by atoms with E-state index in [0.29, 0.717) is 0 Å². The number of hydrogen-bond donors (Lipinski definition) is 6. The molecule has 0 saturated carbocycles. The Kier molecular flexibility index (Phi) is 23.2. The van der Waals surface area contributed by atoms with Crippen LogP contribution in [-0.4, -0.2) is 125 Å². The average molecular weight is 1540 g/mol. The molecule has 0 spiro atoms. The summed E-state index contributed by atoms with van der Waals surface area (Å²) in [6.07, 6.45) is 11.8. The van der Waals surface area contributed by atoms with Gasteiger partial charge in [0.25, 0.3) is 30.6 Å². The highest BCUT2D eigenvalue weighted by Crippen LogP contribution is 2.41. The second-order valence-electron chi connectivity index (χ2n) is 24.2. The van der Waals surface area contributed by atoms with Crippen LogP contribution in [-0.2, 0) is 45.0 Å². The Morgan fingerprint density at radius 1 is 0.444 bits per heavy atom. The molecule has 6 N–H and O–H groups in total. The summed E-state index contributed by atoms with van der Waals surface area (Å²) in [7, 11) is -7.64.